The third-order valence-corrected chi connectivity index (χ3v) is 3.31. The number of benzene rings is 1. The molecule has 1 aromatic carbocycles. The summed E-state index contributed by atoms with van der Waals surface area (Å²) in [6.07, 6.45) is 0. The Morgan fingerprint density at radius 1 is 1.48 bits per heavy atom. The number of pyridine rings is 1. The molecule has 21 heavy (non-hydrogen) atoms. The van der Waals surface area contributed by atoms with Crippen molar-refractivity contribution in [3.63, 3.8) is 0 Å². The molecule has 5 nitrogen and oxygen atoms in total. The number of anilines is 1. The first-order valence-electron chi connectivity index (χ1n) is 6.79. The van der Waals surface area contributed by atoms with Crippen molar-refractivity contribution in [2.75, 3.05) is 26.0 Å². The molecule has 5 heteroatoms. The quantitative estimate of drug-likeness (QED) is 0.935. The largest absolute Gasteiger partial charge is 0.373 e. The maximum absolute atomic E-state index is 12.4. The minimum Gasteiger partial charge on any atom is -0.373 e. The van der Waals surface area contributed by atoms with E-state index in [-0.39, 0.29) is 11.8 Å². The van der Waals surface area contributed by atoms with E-state index in [1.54, 1.807) is 27.1 Å². The molecular formula is C16H18N4O. The van der Waals surface area contributed by atoms with E-state index in [2.05, 4.69) is 16.4 Å². The third-order valence-electron chi connectivity index (χ3n) is 3.31. The lowest BCUT2D eigenvalue weighted by Gasteiger charge is -2.18. The molecular weight excluding hydrogens is 264 g/mol. The van der Waals surface area contributed by atoms with E-state index in [9.17, 15) is 4.79 Å². The van der Waals surface area contributed by atoms with Gasteiger partial charge in [0.15, 0.2) is 0 Å². The molecule has 1 amide bonds. The maximum atomic E-state index is 12.4. The topological polar surface area (TPSA) is 69.0 Å². The molecule has 1 unspecified atom stereocenters. The number of hydrogen-bond donors (Lipinski definition) is 1. The molecule has 1 atom stereocenters. The predicted octanol–water partition coefficient (Wildman–Crippen LogP) is 2.51. The Morgan fingerprint density at radius 2 is 2.19 bits per heavy atom. The number of hydrogen-bond acceptors (Lipinski definition) is 4. The summed E-state index contributed by atoms with van der Waals surface area (Å²) in [7, 11) is 3.47. The lowest BCUT2D eigenvalue weighted by molar-refractivity contribution is 0.0779. The van der Waals surface area contributed by atoms with Crippen molar-refractivity contribution in [3.8, 4) is 6.07 Å². The first-order valence-corrected chi connectivity index (χ1v) is 6.79. The zero-order valence-electron chi connectivity index (χ0n) is 12.4. The van der Waals surface area contributed by atoms with Crippen molar-refractivity contribution < 1.29 is 4.79 Å². The Labute approximate surface area is 124 Å². The summed E-state index contributed by atoms with van der Waals surface area (Å²) in [5.41, 5.74) is 0.380. The van der Waals surface area contributed by atoms with Crippen molar-refractivity contribution in [1.82, 2.24) is 9.88 Å². The first kappa shape index (κ1) is 14.8. The van der Waals surface area contributed by atoms with Crippen LogP contribution in [0.5, 0.6) is 0 Å². The number of fused-ring (bicyclic) bond motifs is 1. The second kappa shape index (κ2) is 6.23. The molecule has 2 rings (SSSR count). The van der Waals surface area contributed by atoms with Crippen molar-refractivity contribution in [1.29, 1.82) is 5.26 Å². The van der Waals surface area contributed by atoms with Gasteiger partial charge in [-0.3, -0.25) is 4.79 Å². The Balaban J connectivity index is 2.38. The van der Waals surface area contributed by atoms with Crippen LogP contribution in [0.25, 0.3) is 10.8 Å². The number of nitrogens with one attached hydrogen (secondary N) is 1. The molecule has 0 radical (unpaired) electrons. The zero-order chi connectivity index (χ0) is 15.4. The lowest BCUT2D eigenvalue weighted by atomic mass is 10.1. The highest BCUT2D eigenvalue weighted by molar-refractivity contribution is 6.00. The van der Waals surface area contributed by atoms with E-state index in [0.29, 0.717) is 18.1 Å². The summed E-state index contributed by atoms with van der Waals surface area (Å²) in [5.74, 6) is 0.292. The number of amides is 1. The van der Waals surface area contributed by atoms with Gasteiger partial charge < -0.3 is 10.2 Å². The molecule has 0 saturated heterocycles. The molecule has 0 bridgehead atoms. The van der Waals surface area contributed by atoms with Gasteiger partial charge >= 0.3 is 0 Å². The van der Waals surface area contributed by atoms with Crippen LogP contribution in [0, 0.1) is 17.2 Å². The summed E-state index contributed by atoms with van der Waals surface area (Å²) in [5, 5.41) is 13.8. The fourth-order valence-electron chi connectivity index (χ4n) is 2.23. The summed E-state index contributed by atoms with van der Waals surface area (Å²) in [4.78, 5) is 18.4. The van der Waals surface area contributed by atoms with E-state index >= 15 is 0 Å². The van der Waals surface area contributed by atoms with Crippen LogP contribution in [-0.4, -0.2) is 36.4 Å². The van der Waals surface area contributed by atoms with Crippen LogP contribution < -0.4 is 5.32 Å². The molecule has 1 N–H and O–H groups in total. The average Bonchev–Trinajstić information content (AvgIpc) is 2.52. The molecule has 0 saturated carbocycles. The summed E-state index contributed by atoms with van der Waals surface area (Å²) < 4.78 is 0. The van der Waals surface area contributed by atoms with E-state index in [1.807, 2.05) is 24.3 Å². The van der Waals surface area contributed by atoms with Gasteiger partial charge in [0.2, 0.25) is 0 Å². The van der Waals surface area contributed by atoms with Crippen molar-refractivity contribution in [2.24, 2.45) is 5.92 Å². The summed E-state index contributed by atoms with van der Waals surface area (Å²) in [6, 6.07) is 11.7. The minimum atomic E-state index is -0.205. The highest BCUT2D eigenvalue weighted by Gasteiger charge is 2.17. The van der Waals surface area contributed by atoms with Gasteiger partial charge in [0.05, 0.1) is 12.0 Å². The van der Waals surface area contributed by atoms with Crippen LogP contribution in [0.4, 0.5) is 5.82 Å². The number of rotatable bonds is 4. The Morgan fingerprint density at radius 3 is 2.86 bits per heavy atom. The highest BCUT2D eigenvalue weighted by atomic mass is 16.2. The van der Waals surface area contributed by atoms with Crippen LogP contribution >= 0.6 is 0 Å². The normalized spacial score (nSPS) is 11.7. The average molecular weight is 282 g/mol. The zero-order valence-corrected chi connectivity index (χ0v) is 12.4. The van der Waals surface area contributed by atoms with Crippen LogP contribution in [0.3, 0.4) is 0 Å². The molecule has 108 valence electrons. The van der Waals surface area contributed by atoms with Crippen molar-refractivity contribution in [2.45, 2.75) is 6.92 Å². The molecule has 1 heterocycles. The highest BCUT2D eigenvalue weighted by Crippen LogP contribution is 2.22. The van der Waals surface area contributed by atoms with Crippen LogP contribution in [0.1, 0.15) is 17.4 Å². The third kappa shape index (κ3) is 3.11. The van der Waals surface area contributed by atoms with E-state index in [0.717, 1.165) is 10.8 Å². The van der Waals surface area contributed by atoms with Crippen molar-refractivity contribution in [3.05, 3.63) is 36.0 Å². The summed E-state index contributed by atoms with van der Waals surface area (Å²) in [6.45, 7) is 2.18. The van der Waals surface area contributed by atoms with E-state index < -0.39 is 0 Å². The molecule has 2 aromatic rings. The SMILES string of the molecule is CNc1nc(C(=O)N(C)CC(C)C#N)cc2ccccc12. The van der Waals surface area contributed by atoms with Gasteiger partial charge in [0.1, 0.15) is 11.5 Å². The number of nitriles is 1. The summed E-state index contributed by atoms with van der Waals surface area (Å²) >= 11 is 0. The number of nitrogens with zero attached hydrogens (tertiary/aromatic N) is 3. The molecule has 0 aliphatic rings. The standard InChI is InChI=1S/C16H18N4O/c1-11(9-17)10-20(3)16(21)14-8-12-6-4-5-7-13(12)15(18-2)19-14/h4-8,11H,10H2,1-3H3,(H,18,19). The molecule has 1 aromatic heterocycles. The monoisotopic (exact) mass is 282 g/mol. The predicted molar refractivity (Wildman–Crippen MR) is 83.0 cm³/mol. The molecule has 0 aliphatic heterocycles. The van der Waals surface area contributed by atoms with E-state index in [4.69, 9.17) is 5.26 Å². The number of carbonyl (C=O) groups excluding carboxylic acids is 1. The fraction of sp³-hybridized carbons (Fsp3) is 0.312. The first-order chi connectivity index (χ1) is 10.1. The molecule has 0 spiro atoms. The van der Waals surface area contributed by atoms with Gasteiger partial charge in [-0.15, -0.1) is 0 Å². The number of carbonyl (C=O) groups is 1. The Kier molecular flexibility index (Phi) is 4.39. The molecule has 0 fully saturated rings. The van der Waals surface area contributed by atoms with Gasteiger partial charge in [0.25, 0.3) is 5.91 Å². The van der Waals surface area contributed by atoms with Crippen molar-refractivity contribution >= 4 is 22.5 Å². The van der Waals surface area contributed by atoms with Crippen LogP contribution in [0.15, 0.2) is 30.3 Å². The minimum absolute atomic E-state index is 0.181. The lowest BCUT2D eigenvalue weighted by Crippen LogP contribution is -2.31. The second-order valence-corrected chi connectivity index (χ2v) is 5.04. The second-order valence-electron chi connectivity index (χ2n) is 5.04. The van der Waals surface area contributed by atoms with Crippen LogP contribution in [0.2, 0.25) is 0 Å². The number of aromatic nitrogens is 1. The fourth-order valence-corrected chi connectivity index (χ4v) is 2.23. The Hall–Kier alpha value is -2.61. The van der Waals surface area contributed by atoms with Gasteiger partial charge in [-0.05, 0) is 18.4 Å². The van der Waals surface area contributed by atoms with Crippen LogP contribution in [-0.2, 0) is 0 Å². The van der Waals surface area contributed by atoms with Gasteiger partial charge in [-0.2, -0.15) is 5.26 Å². The van der Waals surface area contributed by atoms with E-state index in [1.165, 1.54) is 4.90 Å². The van der Waals surface area contributed by atoms with Gasteiger partial charge in [-0.25, -0.2) is 4.98 Å². The van der Waals surface area contributed by atoms with Gasteiger partial charge in [-0.1, -0.05) is 24.3 Å². The Bertz CT molecular complexity index is 705. The smallest absolute Gasteiger partial charge is 0.272 e. The molecule has 0 aliphatic carbocycles. The maximum Gasteiger partial charge on any atom is 0.272 e. The van der Waals surface area contributed by atoms with Gasteiger partial charge in [0, 0.05) is 26.0 Å².